The van der Waals surface area contributed by atoms with Crippen LogP contribution in [0.2, 0.25) is 0 Å². The number of nitrogens with one attached hydrogen (secondary N) is 1. The van der Waals surface area contributed by atoms with Crippen molar-refractivity contribution in [3.63, 3.8) is 0 Å². The summed E-state index contributed by atoms with van der Waals surface area (Å²) in [6, 6.07) is 16.6. The molecule has 8 heteroatoms. The molecule has 0 radical (unpaired) electrons. The van der Waals surface area contributed by atoms with Crippen molar-refractivity contribution in [2.75, 3.05) is 6.54 Å². The maximum atomic E-state index is 13.8. The Labute approximate surface area is 233 Å². The van der Waals surface area contributed by atoms with Gasteiger partial charge in [0.15, 0.2) is 0 Å². The fourth-order valence-corrected chi connectivity index (χ4v) is 7.20. The molecule has 202 valence electrons. The smallest absolute Gasteiger partial charge is 0.264 e. The van der Waals surface area contributed by atoms with Crippen molar-refractivity contribution in [1.82, 2.24) is 15.1 Å². The number of thiophene rings is 2. The number of hydrogen-bond acceptors (Lipinski definition) is 6. The molecule has 38 heavy (non-hydrogen) atoms. The molecule has 1 aliphatic heterocycles. The molecule has 5 rings (SSSR count). The molecule has 2 fully saturated rings. The Hall–Kier alpha value is -2.52. The van der Waals surface area contributed by atoms with Crippen LogP contribution in [0.15, 0.2) is 59.3 Å². The number of hydrogen-bond donors (Lipinski definition) is 2. The Morgan fingerprint density at radius 2 is 1.74 bits per heavy atom. The number of likely N-dealkylation sites (tertiary alicyclic amines) is 1. The van der Waals surface area contributed by atoms with E-state index in [1.165, 1.54) is 27.3 Å². The van der Waals surface area contributed by atoms with Crippen molar-refractivity contribution in [3.8, 4) is 0 Å². The lowest BCUT2D eigenvalue weighted by molar-refractivity contribution is -0.128. The van der Waals surface area contributed by atoms with Gasteiger partial charge in [0, 0.05) is 42.6 Å². The first-order chi connectivity index (χ1) is 18.5. The van der Waals surface area contributed by atoms with Crippen molar-refractivity contribution >= 4 is 34.5 Å². The molecule has 1 aliphatic carbocycles. The molecule has 3 N–H and O–H groups in total. The van der Waals surface area contributed by atoms with Gasteiger partial charge < -0.3 is 16.0 Å². The van der Waals surface area contributed by atoms with E-state index in [0.717, 1.165) is 45.2 Å². The minimum absolute atomic E-state index is 0.0213. The third kappa shape index (κ3) is 6.54. The fraction of sp³-hybridized carbons (Fsp3) is 0.467. The molecule has 2 amide bonds. The molecule has 6 nitrogen and oxygen atoms in total. The molecule has 1 saturated carbocycles. The third-order valence-corrected chi connectivity index (χ3v) is 9.80. The van der Waals surface area contributed by atoms with Crippen LogP contribution in [-0.4, -0.2) is 52.3 Å². The van der Waals surface area contributed by atoms with Crippen molar-refractivity contribution in [2.45, 2.75) is 82.7 Å². The largest absolute Gasteiger partial charge is 0.352 e. The molecule has 1 unspecified atom stereocenters. The van der Waals surface area contributed by atoms with Crippen LogP contribution in [0.25, 0.3) is 0 Å². The van der Waals surface area contributed by atoms with Gasteiger partial charge in [0.25, 0.3) is 5.91 Å². The van der Waals surface area contributed by atoms with Crippen molar-refractivity contribution in [2.24, 2.45) is 5.73 Å². The standard InChI is InChI=1S/C30H38N4O2S2/c1-21-6-2-3-7-22(21)19-33(20-26-8-4-16-37-26)25-14-15-34(30(36)28-9-5-17-38-28)27(18-25)29(35)32-24-12-10-23(31)11-13-24/h2-9,16-17,23-25,27H,10-15,18-20,31H2,1H3,(H,32,35)/t23?,24?,25?,27-/m1/s1. The SMILES string of the molecule is Cc1ccccc1CN(Cc1cccs1)C1CCN(C(=O)c2cccs2)[C@@H](C(=O)NC2CCC(N)CC2)C1. The second-order valence-corrected chi connectivity index (χ2v) is 12.7. The van der Waals surface area contributed by atoms with Gasteiger partial charge in [0.1, 0.15) is 6.04 Å². The zero-order valence-corrected chi connectivity index (χ0v) is 23.7. The van der Waals surface area contributed by atoms with Gasteiger partial charge in [-0.3, -0.25) is 14.5 Å². The Bertz CT molecular complexity index is 1190. The Morgan fingerprint density at radius 1 is 0.974 bits per heavy atom. The highest BCUT2D eigenvalue weighted by molar-refractivity contribution is 7.12. The Morgan fingerprint density at radius 3 is 2.45 bits per heavy atom. The maximum Gasteiger partial charge on any atom is 0.264 e. The van der Waals surface area contributed by atoms with E-state index in [1.54, 1.807) is 11.3 Å². The van der Waals surface area contributed by atoms with Crippen LogP contribution in [0.4, 0.5) is 0 Å². The number of amides is 2. The third-order valence-electron chi connectivity index (χ3n) is 8.08. The summed E-state index contributed by atoms with van der Waals surface area (Å²) in [6.07, 6.45) is 5.14. The average molecular weight is 551 g/mol. The first-order valence-electron chi connectivity index (χ1n) is 13.7. The van der Waals surface area contributed by atoms with E-state index in [2.05, 4.69) is 58.9 Å². The van der Waals surface area contributed by atoms with Crippen LogP contribution in [0.5, 0.6) is 0 Å². The topological polar surface area (TPSA) is 78.7 Å². The van der Waals surface area contributed by atoms with Gasteiger partial charge in [-0.25, -0.2) is 0 Å². The number of carbonyl (C=O) groups excluding carboxylic acids is 2. The van der Waals surface area contributed by atoms with Gasteiger partial charge in [0.2, 0.25) is 5.91 Å². The van der Waals surface area contributed by atoms with Crippen molar-refractivity contribution in [3.05, 3.63) is 80.2 Å². The summed E-state index contributed by atoms with van der Waals surface area (Å²) in [5.74, 6) is -0.0555. The molecule has 1 saturated heterocycles. The summed E-state index contributed by atoms with van der Waals surface area (Å²) < 4.78 is 0. The summed E-state index contributed by atoms with van der Waals surface area (Å²) in [5, 5.41) is 7.34. The van der Waals surface area contributed by atoms with Crippen LogP contribution >= 0.6 is 22.7 Å². The molecule has 2 aliphatic rings. The number of carbonyl (C=O) groups is 2. The number of aryl methyl sites for hydroxylation is 1. The van der Waals surface area contributed by atoms with Gasteiger partial charge in [-0.2, -0.15) is 0 Å². The van der Waals surface area contributed by atoms with E-state index in [-0.39, 0.29) is 29.9 Å². The Kier molecular flexibility index (Phi) is 8.94. The van der Waals surface area contributed by atoms with Crippen LogP contribution < -0.4 is 11.1 Å². The monoisotopic (exact) mass is 550 g/mol. The van der Waals surface area contributed by atoms with Crippen LogP contribution in [0.3, 0.4) is 0 Å². The number of nitrogens with zero attached hydrogens (tertiary/aromatic N) is 2. The molecule has 3 heterocycles. The summed E-state index contributed by atoms with van der Waals surface area (Å²) in [6.45, 7) is 4.39. The molecule has 2 aromatic heterocycles. The highest BCUT2D eigenvalue weighted by Gasteiger charge is 2.39. The maximum absolute atomic E-state index is 13.8. The Balaban J connectivity index is 1.38. The summed E-state index contributed by atoms with van der Waals surface area (Å²) in [7, 11) is 0. The lowest BCUT2D eigenvalue weighted by Gasteiger charge is -2.43. The fourth-order valence-electron chi connectivity index (χ4n) is 5.80. The second-order valence-electron chi connectivity index (χ2n) is 10.7. The van der Waals surface area contributed by atoms with Crippen LogP contribution in [0.1, 0.15) is 64.2 Å². The highest BCUT2D eigenvalue weighted by Crippen LogP contribution is 2.29. The minimum atomic E-state index is -0.485. The molecule has 0 spiro atoms. The minimum Gasteiger partial charge on any atom is -0.352 e. The van der Waals surface area contributed by atoms with Gasteiger partial charge in [-0.1, -0.05) is 36.4 Å². The molecule has 1 aromatic carbocycles. The normalized spacial score (nSPS) is 23.9. The van der Waals surface area contributed by atoms with E-state index in [4.69, 9.17) is 5.73 Å². The highest BCUT2D eigenvalue weighted by atomic mass is 32.1. The number of nitrogens with two attached hydrogens (primary N) is 1. The van der Waals surface area contributed by atoms with Gasteiger partial charge in [0.05, 0.1) is 4.88 Å². The molecular weight excluding hydrogens is 512 g/mol. The van der Waals surface area contributed by atoms with Gasteiger partial charge in [-0.15, -0.1) is 22.7 Å². The van der Waals surface area contributed by atoms with E-state index in [0.29, 0.717) is 17.8 Å². The van der Waals surface area contributed by atoms with Crippen LogP contribution in [0, 0.1) is 6.92 Å². The quantitative estimate of drug-likeness (QED) is 0.405. The first kappa shape index (κ1) is 27.1. The predicted molar refractivity (Wildman–Crippen MR) is 155 cm³/mol. The zero-order chi connectivity index (χ0) is 26.5. The number of benzene rings is 1. The van der Waals surface area contributed by atoms with Gasteiger partial charge in [-0.05, 0) is 79.5 Å². The summed E-state index contributed by atoms with van der Waals surface area (Å²) in [5.41, 5.74) is 8.68. The lowest BCUT2D eigenvalue weighted by Crippen LogP contribution is -2.58. The predicted octanol–water partition coefficient (Wildman–Crippen LogP) is 5.18. The van der Waals surface area contributed by atoms with E-state index >= 15 is 0 Å². The lowest BCUT2D eigenvalue weighted by atomic mass is 9.90. The average Bonchev–Trinajstić information content (AvgIpc) is 3.65. The molecule has 3 aromatic rings. The first-order valence-corrected chi connectivity index (χ1v) is 15.4. The molecule has 2 atom stereocenters. The summed E-state index contributed by atoms with van der Waals surface area (Å²) >= 11 is 3.21. The van der Waals surface area contributed by atoms with Gasteiger partial charge >= 0.3 is 0 Å². The van der Waals surface area contributed by atoms with E-state index in [1.807, 2.05) is 22.4 Å². The summed E-state index contributed by atoms with van der Waals surface area (Å²) in [4.78, 5) is 33.6. The zero-order valence-electron chi connectivity index (χ0n) is 22.1. The van der Waals surface area contributed by atoms with Crippen LogP contribution in [-0.2, 0) is 17.9 Å². The number of piperidine rings is 1. The van der Waals surface area contributed by atoms with Crippen molar-refractivity contribution in [1.29, 1.82) is 0 Å². The molecule has 0 bridgehead atoms. The molecular formula is C30H38N4O2S2. The van der Waals surface area contributed by atoms with E-state index < -0.39 is 6.04 Å². The number of rotatable bonds is 8. The van der Waals surface area contributed by atoms with E-state index in [9.17, 15) is 9.59 Å². The van der Waals surface area contributed by atoms with Crippen molar-refractivity contribution < 1.29 is 9.59 Å². The second kappa shape index (κ2) is 12.6.